The van der Waals surface area contributed by atoms with Gasteiger partial charge in [0.05, 0.1) is 4.90 Å². The van der Waals surface area contributed by atoms with E-state index in [1.165, 1.54) is 6.92 Å². The molecule has 5 heteroatoms. The van der Waals surface area contributed by atoms with Gasteiger partial charge in [0.2, 0.25) is 0 Å². The van der Waals surface area contributed by atoms with Gasteiger partial charge < -0.3 is 0 Å². The van der Waals surface area contributed by atoms with Gasteiger partial charge in [-0.1, -0.05) is 17.8 Å². The highest BCUT2D eigenvalue weighted by Crippen LogP contribution is 2.35. The van der Waals surface area contributed by atoms with Gasteiger partial charge in [-0.15, -0.1) is 0 Å². The number of Topliss-reactive ketones (excluding diaryl/α,β-unsaturated/α-hetero) is 1. The number of ketones is 1. The molecule has 0 amide bonds. The molecule has 0 spiro atoms. The topological polar surface area (TPSA) is 17.1 Å². The number of hydrogen-bond acceptors (Lipinski definition) is 2. The Labute approximate surface area is 122 Å². The molecule has 0 unspecified atom stereocenters. The number of hydrogen-bond donors (Lipinski definition) is 0. The first-order valence-electron chi connectivity index (χ1n) is 5.41. The highest BCUT2D eigenvalue weighted by molar-refractivity contribution is 9.10. The molecular formula is C14H9BrF2OS. The average molecular weight is 343 g/mol. The number of carbonyl (C=O) groups excluding carboxylic acids is 1. The Bertz CT molecular complexity index is 643. The van der Waals surface area contributed by atoms with Crippen molar-refractivity contribution in [1.29, 1.82) is 0 Å². The summed E-state index contributed by atoms with van der Waals surface area (Å²) in [6.07, 6.45) is 0. The predicted molar refractivity (Wildman–Crippen MR) is 74.6 cm³/mol. The molecule has 0 saturated carbocycles. The second-order valence-electron chi connectivity index (χ2n) is 3.88. The quantitative estimate of drug-likeness (QED) is 0.723. The van der Waals surface area contributed by atoms with E-state index >= 15 is 0 Å². The van der Waals surface area contributed by atoms with Gasteiger partial charge in [0.25, 0.3) is 0 Å². The van der Waals surface area contributed by atoms with E-state index in [2.05, 4.69) is 15.9 Å². The van der Waals surface area contributed by atoms with Crippen LogP contribution in [0, 0.1) is 11.6 Å². The molecule has 0 radical (unpaired) electrons. The number of halogens is 3. The Morgan fingerprint density at radius 2 is 1.84 bits per heavy atom. The smallest absolute Gasteiger partial charge is 0.159 e. The normalized spacial score (nSPS) is 10.5. The highest BCUT2D eigenvalue weighted by Gasteiger charge is 2.10. The van der Waals surface area contributed by atoms with Crippen molar-refractivity contribution in [3.05, 3.63) is 58.1 Å². The molecule has 0 N–H and O–H groups in total. The van der Waals surface area contributed by atoms with Crippen LogP contribution in [-0.4, -0.2) is 5.78 Å². The zero-order valence-electron chi connectivity index (χ0n) is 9.91. The predicted octanol–water partition coefficient (Wildman–Crippen LogP) is 5.08. The van der Waals surface area contributed by atoms with Crippen LogP contribution >= 0.6 is 27.7 Å². The lowest BCUT2D eigenvalue weighted by atomic mass is 10.2. The van der Waals surface area contributed by atoms with Crippen molar-refractivity contribution >= 4 is 33.5 Å². The minimum Gasteiger partial charge on any atom is -0.295 e. The molecule has 0 heterocycles. The maximum Gasteiger partial charge on any atom is 0.159 e. The molecule has 0 aromatic heterocycles. The zero-order chi connectivity index (χ0) is 14.0. The summed E-state index contributed by atoms with van der Waals surface area (Å²) in [5.41, 5.74) is 0.566. The molecule has 2 aromatic rings. The minimum absolute atomic E-state index is 0.0470. The summed E-state index contributed by atoms with van der Waals surface area (Å²) in [5.74, 6) is -1.01. The van der Waals surface area contributed by atoms with Gasteiger partial charge in [-0.2, -0.15) is 0 Å². The Balaban J connectivity index is 2.33. The first kappa shape index (κ1) is 14.2. The average Bonchev–Trinajstić information content (AvgIpc) is 2.36. The summed E-state index contributed by atoms with van der Waals surface area (Å²) in [6.45, 7) is 1.47. The second-order valence-corrected chi connectivity index (χ2v) is 5.82. The molecule has 2 rings (SSSR count). The molecule has 0 atom stereocenters. The summed E-state index contributed by atoms with van der Waals surface area (Å²) in [5, 5.41) is 0. The van der Waals surface area contributed by atoms with E-state index in [0.29, 0.717) is 10.0 Å². The molecule has 0 bridgehead atoms. The van der Waals surface area contributed by atoms with E-state index in [4.69, 9.17) is 0 Å². The third kappa shape index (κ3) is 3.42. The molecular weight excluding hydrogens is 334 g/mol. The van der Waals surface area contributed by atoms with Crippen LogP contribution in [0.15, 0.2) is 50.7 Å². The van der Waals surface area contributed by atoms with E-state index in [1.807, 2.05) is 0 Å². The van der Waals surface area contributed by atoms with E-state index in [9.17, 15) is 13.6 Å². The molecule has 19 heavy (non-hydrogen) atoms. The van der Waals surface area contributed by atoms with Crippen LogP contribution in [0.1, 0.15) is 17.3 Å². The Kier molecular flexibility index (Phi) is 4.37. The molecule has 98 valence electrons. The summed E-state index contributed by atoms with van der Waals surface area (Å²) < 4.78 is 27.3. The van der Waals surface area contributed by atoms with Crippen LogP contribution in [-0.2, 0) is 0 Å². The van der Waals surface area contributed by atoms with Crippen molar-refractivity contribution in [2.45, 2.75) is 16.7 Å². The van der Waals surface area contributed by atoms with Crippen LogP contribution < -0.4 is 0 Å². The van der Waals surface area contributed by atoms with Gasteiger partial charge in [0, 0.05) is 14.9 Å². The molecule has 0 aliphatic rings. The van der Waals surface area contributed by atoms with E-state index < -0.39 is 11.6 Å². The van der Waals surface area contributed by atoms with Crippen LogP contribution in [0.2, 0.25) is 0 Å². The Morgan fingerprint density at radius 3 is 2.47 bits per heavy atom. The fourth-order valence-electron chi connectivity index (χ4n) is 1.48. The third-order valence-electron chi connectivity index (χ3n) is 2.45. The van der Waals surface area contributed by atoms with Crippen LogP contribution in [0.4, 0.5) is 8.78 Å². The maximum absolute atomic E-state index is 13.5. The molecule has 0 saturated heterocycles. The summed E-state index contributed by atoms with van der Waals surface area (Å²) >= 11 is 4.43. The fraction of sp³-hybridized carbons (Fsp3) is 0.0714. The lowest BCUT2D eigenvalue weighted by Crippen LogP contribution is -1.92. The third-order valence-corrected chi connectivity index (χ3v) is 4.48. The van der Waals surface area contributed by atoms with Crippen molar-refractivity contribution in [3.8, 4) is 0 Å². The van der Waals surface area contributed by atoms with E-state index in [-0.39, 0.29) is 10.7 Å². The molecule has 0 fully saturated rings. The maximum atomic E-state index is 13.5. The van der Waals surface area contributed by atoms with Gasteiger partial charge >= 0.3 is 0 Å². The van der Waals surface area contributed by atoms with Crippen LogP contribution in [0.25, 0.3) is 0 Å². The van der Waals surface area contributed by atoms with Gasteiger partial charge in [0.15, 0.2) is 5.78 Å². The lowest BCUT2D eigenvalue weighted by molar-refractivity contribution is 0.101. The number of benzene rings is 2. The number of rotatable bonds is 3. The Morgan fingerprint density at radius 1 is 1.11 bits per heavy atom. The first-order valence-corrected chi connectivity index (χ1v) is 7.01. The molecule has 0 aliphatic heterocycles. The van der Waals surface area contributed by atoms with Crippen molar-refractivity contribution < 1.29 is 13.6 Å². The highest BCUT2D eigenvalue weighted by atomic mass is 79.9. The Hall–Kier alpha value is -1.20. The van der Waals surface area contributed by atoms with Crippen LogP contribution in [0.5, 0.6) is 0 Å². The van der Waals surface area contributed by atoms with Crippen molar-refractivity contribution in [2.24, 2.45) is 0 Å². The summed E-state index contributed by atoms with van der Waals surface area (Å²) in [7, 11) is 0. The van der Waals surface area contributed by atoms with Gasteiger partial charge in [0.1, 0.15) is 11.6 Å². The molecule has 1 nitrogen and oxygen atoms in total. The number of carbonyl (C=O) groups is 1. The van der Waals surface area contributed by atoms with Crippen LogP contribution in [0.3, 0.4) is 0 Å². The first-order chi connectivity index (χ1) is 8.97. The van der Waals surface area contributed by atoms with Gasteiger partial charge in [-0.3, -0.25) is 4.79 Å². The monoisotopic (exact) mass is 342 g/mol. The minimum atomic E-state index is -0.486. The lowest BCUT2D eigenvalue weighted by Gasteiger charge is -2.07. The largest absolute Gasteiger partial charge is 0.295 e. The van der Waals surface area contributed by atoms with Gasteiger partial charge in [-0.05, 0) is 53.2 Å². The fourth-order valence-corrected chi connectivity index (χ4v) is 2.96. The standard InChI is InChI=1S/C14H9BrF2OS/c1-8(18)9-2-5-13(11(15)6-9)19-14-7-10(16)3-4-12(14)17/h2-7H,1H3. The van der Waals surface area contributed by atoms with E-state index in [1.54, 1.807) is 18.2 Å². The summed E-state index contributed by atoms with van der Waals surface area (Å²) in [6, 6.07) is 8.35. The van der Waals surface area contributed by atoms with E-state index in [0.717, 1.165) is 34.9 Å². The van der Waals surface area contributed by atoms with Crippen molar-refractivity contribution in [3.63, 3.8) is 0 Å². The SMILES string of the molecule is CC(=O)c1ccc(Sc2cc(F)ccc2F)c(Br)c1. The second kappa shape index (κ2) is 5.84. The van der Waals surface area contributed by atoms with Gasteiger partial charge in [-0.25, -0.2) is 8.78 Å². The molecule has 0 aliphatic carbocycles. The van der Waals surface area contributed by atoms with Crippen molar-refractivity contribution in [2.75, 3.05) is 0 Å². The molecule has 2 aromatic carbocycles. The summed E-state index contributed by atoms with van der Waals surface area (Å²) in [4.78, 5) is 12.2. The zero-order valence-corrected chi connectivity index (χ0v) is 12.3. The van der Waals surface area contributed by atoms with Crippen molar-refractivity contribution in [1.82, 2.24) is 0 Å².